The molecule has 1 fully saturated rings. The van der Waals surface area contributed by atoms with Crippen molar-refractivity contribution in [3.05, 3.63) is 36.5 Å². The first kappa shape index (κ1) is 13.1. The number of aryl methyl sites for hydroxylation is 1. The molecule has 0 spiro atoms. The van der Waals surface area contributed by atoms with Gasteiger partial charge in [0.1, 0.15) is 11.6 Å². The third-order valence-electron chi connectivity index (χ3n) is 3.96. The predicted molar refractivity (Wildman–Crippen MR) is 80.0 cm³/mol. The van der Waals surface area contributed by atoms with Crippen LogP contribution in [-0.4, -0.2) is 26.6 Å². The van der Waals surface area contributed by atoms with Crippen LogP contribution in [0.3, 0.4) is 0 Å². The lowest BCUT2D eigenvalue weighted by molar-refractivity contribution is 0.411. The van der Waals surface area contributed by atoms with E-state index < -0.39 is 0 Å². The summed E-state index contributed by atoms with van der Waals surface area (Å²) in [4.78, 5) is 8.71. The van der Waals surface area contributed by atoms with Gasteiger partial charge in [0.2, 0.25) is 0 Å². The molecule has 0 unspecified atom stereocenters. The Morgan fingerprint density at radius 1 is 1.20 bits per heavy atom. The first-order chi connectivity index (χ1) is 9.72. The van der Waals surface area contributed by atoms with E-state index in [1.807, 2.05) is 30.0 Å². The molecule has 5 nitrogen and oxygen atoms in total. The van der Waals surface area contributed by atoms with Crippen LogP contribution in [0.25, 0.3) is 5.82 Å². The maximum Gasteiger partial charge on any atom is 0.138 e. The Morgan fingerprint density at radius 2 is 2.00 bits per heavy atom. The Kier molecular flexibility index (Phi) is 3.69. The lowest BCUT2D eigenvalue weighted by Gasteiger charge is -2.27. The second kappa shape index (κ2) is 5.63. The number of nitrogens with two attached hydrogens (primary N) is 1. The standard InChI is InChI=1S/C15H21N5/c1-11-17-8-9-20(11)15-7-6-14(10-18-15)19-13-4-2-12(16)3-5-13/h6-10,12-13,19H,2-5,16H2,1H3. The van der Waals surface area contributed by atoms with Gasteiger partial charge in [-0.2, -0.15) is 0 Å². The first-order valence-electron chi connectivity index (χ1n) is 7.21. The van der Waals surface area contributed by atoms with Crippen LogP contribution in [0, 0.1) is 6.92 Å². The number of imidazole rings is 1. The number of rotatable bonds is 3. The van der Waals surface area contributed by atoms with Gasteiger partial charge >= 0.3 is 0 Å². The molecule has 0 radical (unpaired) electrons. The van der Waals surface area contributed by atoms with Gasteiger partial charge in [-0.05, 0) is 44.7 Å². The molecule has 1 aliphatic rings. The topological polar surface area (TPSA) is 68.8 Å². The molecular weight excluding hydrogens is 250 g/mol. The van der Waals surface area contributed by atoms with E-state index in [2.05, 4.69) is 21.4 Å². The average Bonchev–Trinajstić information content (AvgIpc) is 2.89. The average molecular weight is 271 g/mol. The zero-order valence-electron chi connectivity index (χ0n) is 11.8. The minimum atomic E-state index is 0.387. The highest BCUT2D eigenvalue weighted by Gasteiger charge is 2.18. The molecule has 1 saturated carbocycles. The van der Waals surface area contributed by atoms with E-state index in [1.165, 1.54) is 0 Å². The van der Waals surface area contributed by atoms with Gasteiger partial charge in [-0.25, -0.2) is 9.97 Å². The van der Waals surface area contributed by atoms with Crippen molar-refractivity contribution in [3.63, 3.8) is 0 Å². The number of anilines is 1. The molecule has 0 aliphatic heterocycles. The van der Waals surface area contributed by atoms with E-state index >= 15 is 0 Å². The minimum absolute atomic E-state index is 0.387. The summed E-state index contributed by atoms with van der Waals surface area (Å²) >= 11 is 0. The van der Waals surface area contributed by atoms with E-state index in [4.69, 9.17) is 5.73 Å². The maximum absolute atomic E-state index is 5.93. The molecule has 0 saturated heterocycles. The molecule has 0 aromatic carbocycles. The second-order valence-electron chi connectivity index (χ2n) is 5.51. The van der Waals surface area contributed by atoms with Crippen molar-refractivity contribution in [3.8, 4) is 5.82 Å². The van der Waals surface area contributed by atoms with Gasteiger partial charge in [0.15, 0.2) is 0 Å². The van der Waals surface area contributed by atoms with Gasteiger partial charge in [-0.1, -0.05) is 0 Å². The lowest BCUT2D eigenvalue weighted by atomic mass is 9.92. The second-order valence-corrected chi connectivity index (χ2v) is 5.51. The highest BCUT2D eigenvalue weighted by molar-refractivity contribution is 5.44. The molecule has 20 heavy (non-hydrogen) atoms. The summed E-state index contributed by atoms with van der Waals surface area (Å²) in [6, 6.07) is 5.01. The number of pyridine rings is 1. The highest BCUT2D eigenvalue weighted by atomic mass is 15.1. The Labute approximate surface area is 119 Å². The normalized spacial score (nSPS) is 22.7. The number of nitrogens with zero attached hydrogens (tertiary/aromatic N) is 3. The molecule has 0 atom stereocenters. The molecule has 3 N–H and O–H groups in total. The molecule has 3 rings (SSSR count). The summed E-state index contributed by atoms with van der Waals surface area (Å²) in [5.41, 5.74) is 7.01. The fourth-order valence-electron chi connectivity index (χ4n) is 2.73. The van der Waals surface area contributed by atoms with E-state index in [0.717, 1.165) is 43.0 Å². The molecular formula is C15H21N5. The van der Waals surface area contributed by atoms with E-state index in [9.17, 15) is 0 Å². The van der Waals surface area contributed by atoms with Crippen molar-refractivity contribution in [2.75, 3.05) is 5.32 Å². The Bertz CT molecular complexity index is 552. The van der Waals surface area contributed by atoms with E-state index in [-0.39, 0.29) is 0 Å². The molecule has 0 bridgehead atoms. The van der Waals surface area contributed by atoms with E-state index in [0.29, 0.717) is 12.1 Å². The summed E-state index contributed by atoms with van der Waals surface area (Å²) in [5, 5.41) is 3.55. The third kappa shape index (κ3) is 2.82. The number of hydrogen-bond donors (Lipinski definition) is 2. The van der Waals surface area contributed by atoms with E-state index in [1.54, 1.807) is 6.20 Å². The molecule has 106 valence electrons. The number of hydrogen-bond acceptors (Lipinski definition) is 4. The maximum atomic E-state index is 5.93. The molecule has 0 amide bonds. The van der Waals surface area contributed by atoms with Crippen molar-refractivity contribution in [2.45, 2.75) is 44.7 Å². The monoisotopic (exact) mass is 271 g/mol. The summed E-state index contributed by atoms with van der Waals surface area (Å²) in [6.45, 7) is 1.97. The zero-order valence-corrected chi connectivity index (χ0v) is 11.8. The van der Waals surface area contributed by atoms with Crippen LogP contribution < -0.4 is 11.1 Å². The van der Waals surface area contributed by atoms with Crippen LogP contribution in [0.1, 0.15) is 31.5 Å². The van der Waals surface area contributed by atoms with Crippen LogP contribution in [0.15, 0.2) is 30.7 Å². The molecule has 5 heteroatoms. The fourth-order valence-corrected chi connectivity index (χ4v) is 2.73. The van der Waals surface area contributed by atoms with Crippen LogP contribution in [0.4, 0.5) is 5.69 Å². The Hall–Kier alpha value is -1.88. The molecule has 2 aromatic heterocycles. The van der Waals surface area contributed by atoms with Crippen molar-refractivity contribution in [2.24, 2.45) is 5.73 Å². The summed E-state index contributed by atoms with van der Waals surface area (Å²) in [7, 11) is 0. The van der Waals surface area contributed by atoms with Crippen LogP contribution in [0.2, 0.25) is 0 Å². The number of aromatic nitrogens is 3. The van der Waals surface area contributed by atoms with Gasteiger partial charge in [0.05, 0.1) is 11.9 Å². The largest absolute Gasteiger partial charge is 0.381 e. The molecule has 1 aliphatic carbocycles. The SMILES string of the molecule is Cc1nccn1-c1ccc(NC2CCC(N)CC2)cn1. The summed E-state index contributed by atoms with van der Waals surface area (Å²) in [6.07, 6.45) is 10.1. The first-order valence-corrected chi connectivity index (χ1v) is 7.21. The van der Waals surface area contributed by atoms with Crippen molar-refractivity contribution >= 4 is 5.69 Å². The van der Waals surface area contributed by atoms with Gasteiger partial charge in [-0.3, -0.25) is 4.57 Å². The van der Waals surface area contributed by atoms with Gasteiger partial charge in [0.25, 0.3) is 0 Å². The zero-order chi connectivity index (χ0) is 13.9. The van der Waals surface area contributed by atoms with Gasteiger partial charge in [-0.15, -0.1) is 0 Å². The van der Waals surface area contributed by atoms with Crippen molar-refractivity contribution < 1.29 is 0 Å². The summed E-state index contributed by atoms with van der Waals surface area (Å²) < 4.78 is 1.98. The Morgan fingerprint density at radius 3 is 2.60 bits per heavy atom. The lowest BCUT2D eigenvalue weighted by Crippen LogP contribution is -2.32. The number of nitrogens with one attached hydrogen (secondary N) is 1. The third-order valence-corrected chi connectivity index (χ3v) is 3.96. The quantitative estimate of drug-likeness (QED) is 0.898. The smallest absolute Gasteiger partial charge is 0.138 e. The highest BCUT2D eigenvalue weighted by Crippen LogP contribution is 2.21. The van der Waals surface area contributed by atoms with Crippen LogP contribution >= 0.6 is 0 Å². The van der Waals surface area contributed by atoms with Crippen LogP contribution in [-0.2, 0) is 0 Å². The Balaban J connectivity index is 1.66. The minimum Gasteiger partial charge on any atom is -0.381 e. The van der Waals surface area contributed by atoms with Crippen molar-refractivity contribution in [1.29, 1.82) is 0 Å². The predicted octanol–water partition coefficient (Wildman–Crippen LogP) is 2.26. The van der Waals surface area contributed by atoms with Gasteiger partial charge in [0, 0.05) is 24.5 Å². The molecule has 2 aromatic rings. The van der Waals surface area contributed by atoms with Crippen molar-refractivity contribution in [1.82, 2.24) is 14.5 Å². The molecule has 2 heterocycles. The van der Waals surface area contributed by atoms with Gasteiger partial charge < -0.3 is 11.1 Å². The summed E-state index contributed by atoms with van der Waals surface area (Å²) in [5.74, 6) is 1.84. The van der Waals surface area contributed by atoms with Crippen LogP contribution in [0.5, 0.6) is 0 Å². The fraction of sp³-hybridized carbons (Fsp3) is 0.467.